The molecule has 0 atom stereocenters. The number of nitrogens with zero attached hydrogens (tertiary/aromatic N) is 1. The number of hydrogen-bond donors (Lipinski definition) is 1. The molecule has 0 aliphatic heterocycles. The molecular formula is C14H21NO3S. The van der Waals surface area contributed by atoms with E-state index < -0.39 is 10.0 Å². The highest BCUT2D eigenvalue weighted by Crippen LogP contribution is 2.19. The Morgan fingerprint density at radius 1 is 1.16 bits per heavy atom. The molecule has 5 heteroatoms. The van der Waals surface area contributed by atoms with E-state index in [1.54, 1.807) is 12.1 Å². The molecule has 0 aliphatic rings. The van der Waals surface area contributed by atoms with E-state index in [-0.39, 0.29) is 10.7 Å². The predicted octanol–water partition coefficient (Wildman–Crippen LogP) is 3.03. The highest BCUT2D eigenvalue weighted by atomic mass is 32.2. The van der Waals surface area contributed by atoms with Crippen LogP contribution in [0.5, 0.6) is 0 Å². The van der Waals surface area contributed by atoms with Gasteiger partial charge in [0.05, 0.1) is 4.90 Å². The standard InChI is InChI=1S/C14H21NO3S/c1-4-10-15(11-5-2)19(17,18)14-8-6-13(7-9-14)12(3)16/h6-9,16H,3-5,10-11H2,1-2H3. The van der Waals surface area contributed by atoms with E-state index in [2.05, 4.69) is 6.58 Å². The molecule has 0 bridgehead atoms. The van der Waals surface area contributed by atoms with Crippen LogP contribution >= 0.6 is 0 Å². The van der Waals surface area contributed by atoms with Crippen molar-refractivity contribution in [2.75, 3.05) is 13.1 Å². The van der Waals surface area contributed by atoms with E-state index in [1.165, 1.54) is 16.4 Å². The van der Waals surface area contributed by atoms with Crippen LogP contribution in [0.2, 0.25) is 0 Å². The van der Waals surface area contributed by atoms with Gasteiger partial charge in [-0.15, -0.1) is 0 Å². The van der Waals surface area contributed by atoms with Crippen molar-refractivity contribution in [2.45, 2.75) is 31.6 Å². The van der Waals surface area contributed by atoms with E-state index in [9.17, 15) is 13.5 Å². The topological polar surface area (TPSA) is 57.6 Å². The van der Waals surface area contributed by atoms with Crippen molar-refractivity contribution in [2.24, 2.45) is 0 Å². The van der Waals surface area contributed by atoms with E-state index in [1.807, 2.05) is 13.8 Å². The Morgan fingerprint density at radius 3 is 2.00 bits per heavy atom. The van der Waals surface area contributed by atoms with Gasteiger partial charge in [-0.05, 0) is 37.1 Å². The summed E-state index contributed by atoms with van der Waals surface area (Å²) >= 11 is 0. The minimum absolute atomic E-state index is 0.0667. The van der Waals surface area contributed by atoms with Crippen molar-refractivity contribution in [3.8, 4) is 0 Å². The summed E-state index contributed by atoms with van der Waals surface area (Å²) in [6.07, 6.45) is 1.56. The monoisotopic (exact) mass is 283 g/mol. The van der Waals surface area contributed by atoms with Crippen molar-refractivity contribution in [3.05, 3.63) is 36.4 Å². The average Bonchev–Trinajstić information content (AvgIpc) is 2.38. The highest BCUT2D eigenvalue weighted by molar-refractivity contribution is 7.89. The quantitative estimate of drug-likeness (QED) is 0.783. The van der Waals surface area contributed by atoms with Gasteiger partial charge in [-0.3, -0.25) is 0 Å². The number of rotatable bonds is 7. The Bertz CT molecular complexity index is 514. The molecule has 0 saturated carbocycles. The SMILES string of the molecule is C=C(O)c1ccc(S(=O)(=O)N(CCC)CCC)cc1. The molecular weight excluding hydrogens is 262 g/mol. The molecule has 0 unspecified atom stereocenters. The molecule has 1 aromatic rings. The molecule has 0 radical (unpaired) electrons. The van der Waals surface area contributed by atoms with Gasteiger partial charge in [-0.2, -0.15) is 4.31 Å². The minimum atomic E-state index is -3.45. The summed E-state index contributed by atoms with van der Waals surface area (Å²) in [5, 5.41) is 9.24. The Kier molecular flexibility index (Phi) is 5.57. The van der Waals surface area contributed by atoms with Gasteiger partial charge in [0.2, 0.25) is 10.0 Å². The third-order valence-corrected chi connectivity index (χ3v) is 4.68. The summed E-state index contributed by atoms with van der Waals surface area (Å²) in [6.45, 7) is 8.35. The molecule has 19 heavy (non-hydrogen) atoms. The predicted molar refractivity (Wildman–Crippen MR) is 77.4 cm³/mol. The van der Waals surface area contributed by atoms with Crippen LogP contribution in [0.25, 0.3) is 5.76 Å². The molecule has 1 N–H and O–H groups in total. The molecule has 4 nitrogen and oxygen atoms in total. The second-order valence-electron chi connectivity index (χ2n) is 4.38. The summed E-state index contributed by atoms with van der Waals surface area (Å²) in [7, 11) is -3.45. The minimum Gasteiger partial charge on any atom is -0.508 e. The second-order valence-corrected chi connectivity index (χ2v) is 6.31. The number of sulfonamides is 1. The van der Waals surface area contributed by atoms with Gasteiger partial charge in [0.25, 0.3) is 0 Å². The fraction of sp³-hybridized carbons (Fsp3) is 0.429. The van der Waals surface area contributed by atoms with Gasteiger partial charge in [-0.1, -0.05) is 20.4 Å². The Balaban J connectivity index is 3.07. The van der Waals surface area contributed by atoms with Gasteiger partial charge in [0, 0.05) is 18.7 Å². The van der Waals surface area contributed by atoms with E-state index in [4.69, 9.17) is 0 Å². The summed E-state index contributed by atoms with van der Waals surface area (Å²) in [4.78, 5) is 0.249. The Labute approximate surface area is 115 Å². The van der Waals surface area contributed by atoms with Crippen molar-refractivity contribution in [1.29, 1.82) is 0 Å². The van der Waals surface area contributed by atoms with Gasteiger partial charge < -0.3 is 5.11 Å². The zero-order valence-electron chi connectivity index (χ0n) is 11.5. The number of benzene rings is 1. The Hall–Kier alpha value is -1.33. The molecule has 0 aliphatic carbocycles. The molecule has 0 fully saturated rings. The van der Waals surface area contributed by atoms with Crippen LogP contribution in [-0.2, 0) is 10.0 Å². The van der Waals surface area contributed by atoms with Crippen LogP contribution in [0.15, 0.2) is 35.7 Å². The van der Waals surface area contributed by atoms with Gasteiger partial charge >= 0.3 is 0 Å². The first-order valence-electron chi connectivity index (χ1n) is 6.42. The largest absolute Gasteiger partial charge is 0.508 e. The first-order valence-corrected chi connectivity index (χ1v) is 7.86. The summed E-state index contributed by atoms with van der Waals surface area (Å²) in [6, 6.07) is 6.13. The maximum Gasteiger partial charge on any atom is 0.243 e. The first kappa shape index (κ1) is 15.7. The van der Waals surface area contributed by atoms with Crippen molar-refractivity contribution < 1.29 is 13.5 Å². The first-order chi connectivity index (χ1) is 8.93. The van der Waals surface area contributed by atoms with Crippen LogP contribution in [0.4, 0.5) is 0 Å². The Morgan fingerprint density at radius 2 is 1.63 bits per heavy atom. The fourth-order valence-electron chi connectivity index (χ4n) is 1.82. The molecule has 0 saturated heterocycles. The molecule has 0 aromatic heterocycles. The smallest absolute Gasteiger partial charge is 0.243 e. The molecule has 1 aromatic carbocycles. The van der Waals surface area contributed by atoms with Crippen LogP contribution in [0.1, 0.15) is 32.3 Å². The molecule has 1 rings (SSSR count). The number of hydrogen-bond acceptors (Lipinski definition) is 3. The van der Waals surface area contributed by atoms with Crippen LogP contribution < -0.4 is 0 Å². The third-order valence-electron chi connectivity index (χ3n) is 2.77. The van der Waals surface area contributed by atoms with Crippen LogP contribution in [0, 0.1) is 0 Å². The zero-order valence-corrected chi connectivity index (χ0v) is 12.3. The molecule has 0 spiro atoms. The lowest BCUT2D eigenvalue weighted by molar-refractivity contribution is 0.410. The molecule has 0 amide bonds. The van der Waals surface area contributed by atoms with E-state index in [0.29, 0.717) is 18.7 Å². The number of aliphatic hydroxyl groups is 1. The van der Waals surface area contributed by atoms with E-state index in [0.717, 1.165) is 12.8 Å². The maximum absolute atomic E-state index is 12.4. The lowest BCUT2D eigenvalue weighted by Crippen LogP contribution is -2.32. The van der Waals surface area contributed by atoms with Crippen molar-refractivity contribution in [1.82, 2.24) is 4.31 Å². The normalized spacial score (nSPS) is 11.7. The van der Waals surface area contributed by atoms with Crippen LogP contribution in [0.3, 0.4) is 0 Å². The lowest BCUT2D eigenvalue weighted by atomic mass is 10.2. The van der Waals surface area contributed by atoms with E-state index >= 15 is 0 Å². The van der Waals surface area contributed by atoms with Gasteiger partial charge in [-0.25, -0.2) is 8.42 Å². The zero-order chi connectivity index (χ0) is 14.5. The van der Waals surface area contributed by atoms with Crippen molar-refractivity contribution >= 4 is 15.8 Å². The lowest BCUT2D eigenvalue weighted by Gasteiger charge is -2.21. The molecule has 106 valence electrons. The summed E-state index contributed by atoms with van der Waals surface area (Å²) < 4.78 is 26.4. The fourth-order valence-corrected chi connectivity index (χ4v) is 3.44. The van der Waals surface area contributed by atoms with Crippen molar-refractivity contribution in [3.63, 3.8) is 0 Å². The van der Waals surface area contributed by atoms with Gasteiger partial charge in [0.1, 0.15) is 5.76 Å². The average molecular weight is 283 g/mol. The summed E-state index contributed by atoms with van der Waals surface area (Å²) in [5.74, 6) is -0.0667. The van der Waals surface area contributed by atoms with Gasteiger partial charge in [0.15, 0.2) is 0 Å². The number of aliphatic hydroxyl groups excluding tert-OH is 1. The third kappa shape index (κ3) is 3.81. The second kappa shape index (κ2) is 6.73. The maximum atomic E-state index is 12.4. The highest BCUT2D eigenvalue weighted by Gasteiger charge is 2.22. The summed E-state index contributed by atoms with van der Waals surface area (Å²) in [5.41, 5.74) is 0.525. The van der Waals surface area contributed by atoms with Crippen LogP contribution in [-0.4, -0.2) is 30.9 Å². The molecule has 0 heterocycles.